The molecule has 0 saturated heterocycles. The number of nitrogens with zero attached hydrogens (tertiary/aromatic N) is 1. The summed E-state index contributed by atoms with van der Waals surface area (Å²) in [6.07, 6.45) is 0. The molecule has 0 radical (unpaired) electrons. The Kier molecular flexibility index (Phi) is 9.09. The van der Waals surface area contributed by atoms with Crippen LogP contribution in [0.2, 0.25) is 0 Å². The van der Waals surface area contributed by atoms with Gasteiger partial charge in [0, 0.05) is 25.8 Å². The Hall–Kier alpha value is -1.73. The van der Waals surface area contributed by atoms with Gasteiger partial charge >= 0.3 is 0 Å². The molecule has 0 aliphatic carbocycles. The van der Waals surface area contributed by atoms with Crippen molar-refractivity contribution in [2.24, 2.45) is 4.99 Å². The molecule has 0 bridgehead atoms. The van der Waals surface area contributed by atoms with Gasteiger partial charge in [-0.2, -0.15) is 0 Å². The number of aliphatic imine (C=N–C) groups is 1. The second kappa shape index (κ2) is 10.9. The Morgan fingerprint density at radius 1 is 1.18 bits per heavy atom. The SMILES string of the molecule is CCNC(=NCc1cc(F)ccc1F)NCCOCCOC. The zero-order chi connectivity index (χ0) is 16.2. The minimum absolute atomic E-state index is 0.0590. The molecule has 0 aliphatic heterocycles. The van der Waals surface area contributed by atoms with Crippen LogP contribution in [0.4, 0.5) is 8.78 Å². The summed E-state index contributed by atoms with van der Waals surface area (Å²) >= 11 is 0. The molecule has 0 aromatic heterocycles. The predicted molar refractivity (Wildman–Crippen MR) is 81.9 cm³/mol. The van der Waals surface area contributed by atoms with Gasteiger partial charge in [0.1, 0.15) is 11.6 Å². The van der Waals surface area contributed by atoms with E-state index in [4.69, 9.17) is 9.47 Å². The van der Waals surface area contributed by atoms with Gasteiger partial charge < -0.3 is 20.1 Å². The highest BCUT2D eigenvalue weighted by atomic mass is 19.1. The van der Waals surface area contributed by atoms with Gasteiger partial charge in [-0.05, 0) is 25.1 Å². The van der Waals surface area contributed by atoms with Crippen molar-refractivity contribution in [3.05, 3.63) is 35.4 Å². The molecule has 5 nitrogen and oxygen atoms in total. The monoisotopic (exact) mass is 315 g/mol. The van der Waals surface area contributed by atoms with E-state index in [2.05, 4.69) is 15.6 Å². The van der Waals surface area contributed by atoms with E-state index in [0.29, 0.717) is 38.9 Å². The van der Waals surface area contributed by atoms with Gasteiger partial charge in [0.25, 0.3) is 0 Å². The molecular formula is C15H23F2N3O2. The van der Waals surface area contributed by atoms with Crippen molar-refractivity contribution in [1.29, 1.82) is 0 Å². The fraction of sp³-hybridized carbons (Fsp3) is 0.533. The standard InChI is InChI=1S/C15H23F2N3O2/c1-3-18-15(19-6-7-22-9-8-21-2)20-11-12-10-13(16)4-5-14(12)17/h4-5,10H,3,6-9,11H2,1-2H3,(H2,18,19,20). The van der Waals surface area contributed by atoms with Crippen LogP contribution in [0.25, 0.3) is 0 Å². The molecule has 0 heterocycles. The number of methoxy groups -OCH3 is 1. The summed E-state index contributed by atoms with van der Waals surface area (Å²) in [7, 11) is 1.61. The summed E-state index contributed by atoms with van der Waals surface area (Å²) in [6, 6.07) is 3.34. The molecule has 0 amide bonds. The molecule has 0 saturated carbocycles. The molecule has 0 spiro atoms. The van der Waals surface area contributed by atoms with Crippen LogP contribution in [0.3, 0.4) is 0 Å². The molecule has 2 N–H and O–H groups in total. The quantitative estimate of drug-likeness (QED) is 0.414. The fourth-order valence-electron chi connectivity index (χ4n) is 1.66. The molecule has 0 aliphatic rings. The van der Waals surface area contributed by atoms with Crippen molar-refractivity contribution >= 4 is 5.96 Å². The first-order valence-electron chi connectivity index (χ1n) is 7.20. The van der Waals surface area contributed by atoms with Crippen LogP contribution < -0.4 is 10.6 Å². The number of ether oxygens (including phenoxy) is 2. The number of hydrogen-bond donors (Lipinski definition) is 2. The number of hydrogen-bond acceptors (Lipinski definition) is 3. The van der Waals surface area contributed by atoms with Crippen LogP contribution in [-0.2, 0) is 16.0 Å². The maximum atomic E-state index is 13.5. The average molecular weight is 315 g/mol. The van der Waals surface area contributed by atoms with E-state index in [1.54, 1.807) is 7.11 Å². The summed E-state index contributed by atoms with van der Waals surface area (Å²) in [5, 5.41) is 6.09. The van der Waals surface area contributed by atoms with Crippen molar-refractivity contribution in [3.63, 3.8) is 0 Å². The maximum absolute atomic E-state index is 13.5. The normalized spacial score (nSPS) is 11.5. The van der Waals surface area contributed by atoms with E-state index in [-0.39, 0.29) is 12.1 Å². The van der Waals surface area contributed by atoms with Gasteiger partial charge in [0.2, 0.25) is 0 Å². The molecule has 22 heavy (non-hydrogen) atoms. The van der Waals surface area contributed by atoms with Gasteiger partial charge in [-0.3, -0.25) is 0 Å². The predicted octanol–water partition coefficient (Wildman–Crippen LogP) is 1.68. The second-order valence-electron chi connectivity index (χ2n) is 4.46. The molecule has 7 heteroatoms. The first-order chi connectivity index (χ1) is 10.7. The van der Waals surface area contributed by atoms with E-state index in [1.807, 2.05) is 6.92 Å². The lowest BCUT2D eigenvalue weighted by Gasteiger charge is -2.11. The van der Waals surface area contributed by atoms with Gasteiger partial charge in [0.15, 0.2) is 5.96 Å². The topological polar surface area (TPSA) is 54.9 Å². The number of halogens is 2. The Balaban J connectivity index is 2.45. The highest BCUT2D eigenvalue weighted by molar-refractivity contribution is 5.79. The van der Waals surface area contributed by atoms with Crippen LogP contribution >= 0.6 is 0 Å². The third-order valence-corrected chi connectivity index (χ3v) is 2.73. The molecular weight excluding hydrogens is 292 g/mol. The third kappa shape index (κ3) is 7.33. The van der Waals surface area contributed by atoms with Crippen LogP contribution in [0, 0.1) is 11.6 Å². The highest BCUT2D eigenvalue weighted by Gasteiger charge is 2.04. The molecule has 1 aromatic carbocycles. The molecule has 1 aromatic rings. The van der Waals surface area contributed by atoms with Crippen LogP contribution in [0.15, 0.2) is 23.2 Å². The summed E-state index contributed by atoms with van der Waals surface area (Å²) in [6.45, 7) is 4.79. The van der Waals surface area contributed by atoms with Crippen molar-refractivity contribution in [2.45, 2.75) is 13.5 Å². The largest absolute Gasteiger partial charge is 0.382 e. The lowest BCUT2D eigenvalue weighted by molar-refractivity contribution is 0.0733. The summed E-state index contributed by atoms with van der Waals surface area (Å²) in [4.78, 5) is 4.23. The lowest BCUT2D eigenvalue weighted by Crippen LogP contribution is -2.39. The zero-order valence-electron chi connectivity index (χ0n) is 13.0. The van der Waals surface area contributed by atoms with Crippen molar-refractivity contribution < 1.29 is 18.3 Å². The number of nitrogens with one attached hydrogen (secondary N) is 2. The Morgan fingerprint density at radius 2 is 2.00 bits per heavy atom. The Bertz CT molecular complexity index is 470. The van der Waals surface area contributed by atoms with E-state index in [1.165, 1.54) is 0 Å². The first-order valence-corrected chi connectivity index (χ1v) is 7.20. The summed E-state index contributed by atoms with van der Waals surface area (Å²) < 4.78 is 36.8. The van der Waals surface area contributed by atoms with Gasteiger partial charge in [-0.25, -0.2) is 13.8 Å². The molecule has 1 rings (SSSR count). The van der Waals surface area contributed by atoms with Crippen molar-refractivity contribution in [2.75, 3.05) is 40.0 Å². The van der Waals surface area contributed by atoms with E-state index >= 15 is 0 Å². The number of benzene rings is 1. The lowest BCUT2D eigenvalue weighted by atomic mass is 10.2. The zero-order valence-corrected chi connectivity index (χ0v) is 13.0. The van der Waals surface area contributed by atoms with Gasteiger partial charge in [-0.1, -0.05) is 0 Å². The average Bonchev–Trinajstić information content (AvgIpc) is 2.51. The summed E-state index contributed by atoms with van der Waals surface area (Å²) in [5.74, 6) is -0.415. The van der Waals surface area contributed by atoms with Crippen molar-refractivity contribution in [3.8, 4) is 0 Å². The minimum atomic E-state index is -0.476. The number of rotatable bonds is 9. The number of guanidine groups is 1. The first kappa shape index (κ1) is 18.3. The highest BCUT2D eigenvalue weighted by Crippen LogP contribution is 2.10. The molecule has 0 fully saturated rings. The van der Waals surface area contributed by atoms with E-state index in [0.717, 1.165) is 18.2 Å². The Labute approximate surface area is 129 Å². The smallest absolute Gasteiger partial charge is 0.191 e. The van der Waals surface area contributed by atoms with E-state index < -0.39 is 11.6 Å². The Morgan fingerprint density at radius 3 is 2.73 bits per heavy atom. The van der Waals surface area contributed by atoms with E-state index in [9.17, 15) is 8.78 Å². The summed E-state index contributed by atoms with van der Waals surface area (Å²) in [5.41, 5.74) is 0.216. The molecule has 0 atom stereocenters. The van der Waals surface area contributed by atoms with Gasteiger partial charge in [0.05, 0.1) is 26.4 Å². The fourth-order valence-corrected chi connectivity index (χ4v) is 1.66. The second-order valence-corrected chi connectivity index (χ2v) is 4.46. The van der Waals surface area contributed by atoms with Crippen LogP contribution in [-0.4, -0.2) is 46.0 Å². The maximum Gasteiger partial charge on any atom is 0.191 e. The van der Waals surface area contributed by atoms with Crippen LogP contribution in [0.1, 0.15) is 12.5 Å². The van der Waals surface area contributed by atoms with Crippen molar-refractivity contribution in [1.82, 2.24) is 10.6 Å². The minimum Gasteiger partial charge on any atom is -0.382 e. The third-order valence-electron chi connectivity index (χ3n) is 2.73. The van der Waals surface area contributed by atoms with Crippen LogP contribution in [0.5, 0.6) is 0 Å². The molecule has 124 valence electrons. The van der Waals surface area contributed by atoms with Gasteiger partial charge in [-0.15, -0.1) is 0 Å². The molecule has 0 unspecified atom stereocenters.